The molecule has 17 heavy (non-hydrogen) atoms. The van der Waals surface area contributed by atoms with Gasteiger partial charge in [0.2, 0.25) is 0 Å². The lowest BCUT2D eigenvalue weighted by molar-refractivity contribution is 0.469. The van der Waals surface area contributed by atoms with Crippen LogP contribution in [-0.2, 0) is 12.8 Å². The highest BCUT2D eigenvalue weighted by atomic mass is 35.5. The normalized spacial score (nSPS) is 10.5. The lowest BCUT2D eigenvalue weighted by Gasteiger charge is -2.05. The molecule has 0 aliphatic rings. The van der Waals surface area contributed by atoms with Gasteiger partial charge in [-0.25, -0.2) is 0 Å². The molecule has 0 saturated carbocycles. The third-order valence-electron chi connectivity index (χ3n) is 2.71. The Bertz CT molecular complexity index is 508. The van der Waals surface area contributed by atoms with Gasteiger partial charge in [0.05, 0.1) is 0 Å². The molecule has 0 radical (unpaired) electrons. The van der Waals surface area contributed by atoms with E-state index in [-0.39, 0.29) is 5.75 Å². The standard InChI is InChI=1S/C14H14ClNO/c1-2-10-3-5-13(16-9-10)8-11-7-12(15)4-6-14(11)17/h3-7,9,17H,2,8H2,1H3. The van der Waals surface area contributed by atoms with E-state index in [1.165, 1.54) is 5.56 Å². The van der Waals surface area contributed by atoms with E-state index >= 15 is 0 Å². The van der Waals surface area contributed by atoms with E-state index in [0.717, 1.165) is 17.7 Å². The summed E-state index contributed by atoms with van der Waals surface area (Å²) >= 11 is 5.90. The maximum atomic E-state index is 9.71. The largest absolute Gasteiger partial charge is 0.508 e. The Morgan fingerprint density at radius 3 is 2.71 bits per heavy atom. The minimum atomic E-state index is 0.260. The van der Waals surface area contributed by atoms with E-state index in [0.29, 0.717) is 11.4 Å². The molecular formula is C14H14ClNO. The second-order valence-corrected chi connectivity index (χ2v) is 4.40. The molecule has 0 bridgehead atoms. The summed E-state index contributed by atoms with van der Waals surface area (Å²) in [5.74, 6) is 0.260. The van der Waals surface area contributed by atoms with Crippen LogP contribution in [0.25, 0.3) is 0 Å². The van der Waals surface area contributed by atoms with Gasteiger partial charge in [-0.2, -0.15) is 0 Å². The van der Waals surface area contributed by atoms with Crippen molar-refractivity contribution in [2.45, 2.75) is 19.8 Å². The molecule has 0 aliphatic carbocycles. The van der Waals surface area contributed by atoms with Gasteiger partial charge in [-0.15, -0.1) is 0 Å². The zero-order valence-corrected chi connectivity index (χ0v) is 10.4. The molecule has 88 valence electrons. The smallest absolute Gasteiger partial charge is 0.119 e. The van der Waals surface area contributed by atoms with Crippen molar-refractivity contribution in [1.82, 2.24) is 4.98 Å². The first-order valence-corrected chi connectivity index (χ1v) is 5.98. The van der Waals surface area contributed by atoms with Crippen molar-refractivity contribution in [3.05, 3.63) is 58.4 Å². The van der Waals surface area contributed by atoms with E-state index in [1.807, 2.05) is 12.3 Å². The van der Waals surface area contributed by atoms with Crippen molar-refractivity contribution in [3.63, 3.8) is 0 Å². The molecule has 1 heterocycles. The average molecular weight is 248 g/mol. The van der Waals surface area contributed by atoms with Gasteiger partial charge in [0.1, 0.15) is 5.75 Å². The Balaban J connectivity index is 2.22. The topological polar surface area (TPSA) is 33.1 Å². The molecule has 1 N–H and O–H groups in total. The number of phenolic OH excluding ortho intramolecular Hbond substituents is 1. The van der Waals surface area contributed by atoms with Crippen molar-refractivity contribution in [1.29, 1.82) is 0 Å². The first-order valence-electron chi connectivity index (χ1n) is 5.60. The lowest BCUT2D eigenvalue weighted by Crippen LogP contribution is -1.93. The lowest BCUT2D eigenvalue weighted by atomic mass is 10.1. The fourth-order valence-corrected chi connectivity index (χ4v) is 1.85. The van der Waals surface area contributed by atoms with Gasteiger partial charge in [0.15, 0.2) is 0 Å². The predicted octanol–water partition coefficient (Wildman–Crippen LogP) is 3.59. The number of phenols is 1. The summed E-state index contributed by atoms with van der Waals surface area (Å²) in [5, 5.41) is 10.3. The van der Waals surface area contributed by atoms with Gasteiger partial charge in [0, 0.05) is 28.9 Å². The molecule has 0 saturated heterocycles. The molecule has 0 aliphatic heterocycles. The van der Waals surface area contributed by atoms with Gasteiger partial charge in [-0.3, -0.25) is 4.98 Å². The minimum Gasteiger partial charge on any atom is -0.508 e. The Hall–Kier alpha value is -1.54. The van der Waals surface area contributed by atoms with Crippen molar-refractivity contribution < 1.29 is 5.11 Å². The maximum Gasteiger partial charge on any atom is 0.119 e. The molecule has 0 fully saturated rings. The molecule has 1 aromatic heterocycles. The molecule has 0 unspecified atom stereocenters. The Kier molecular flexibility index (Phi) is 3.64. The van der Waals surface area contributed by atoms with Crippen LogP contribution in [0.5, 0.6) is 5.75 Å². The van der Waals surface area contributed by atoms with Crippen LogP contribution >= 0.6 is 11.6 Å². The third-order valence-corrected chi connectivity index (χ3v) is 2.94. The number of benzene rings is 1. The highest BCUT2D eigenvalue weighted by Crippen LogP contribution is 2.23. The number of hydrogen-bond donors (Lipinski definition) is 1. The summed E-state index contributed by atoms with van der Waals surface area (Å²) in [7, 11) is 0. The number of aromatic nitrogens is 1. The third kappa shape index (κ3) is 2.98. The summed E-state index contributed by atoms with van der Waals surface area (Å²) in [4.78, 5) is 4.36. The van der Waals surface area contributed by atoms with Crippen molar-refractivity contribution in [2.75, 3.05) is 0 Å². The highest BCUT2D eigenvalue weighted by molar-refractivity contribution is 6.30. The molecular weight excluding hydrogens is 234 g/mol. The quantitative estimate of drug-likeness (QED) is 0.899. The second-order valence-electron chi connectivity index (χ2n) is 3.96. The molecule has 3 heteroatoms. The van der Waals surface area contributed by atoms with E-state index in [2.05, 4.69) is 18.0 Å². The number of halogens is 1. The molecule has 0 amide bonds. The highest BCUT2D eigenvalue weighted by Gasteiger charge is 2.04. The van der Waals surface area contributed by atoms with Gasteiger partial charge in [0.25, 0.3) is 0 Å². The van der Waals surface area contributed by atoms with Crippen LogP contribution in [-0.4, -0.2) is 10.1 Å². The maximum absolute atomic E-state index is 9.71. The van der Waals surface area contributed by atoms with Gasteiger partial charge in [-0.05, 0) is 36.2 Å². The van der Waals surface area contributed by atoms with Gasteiger partial charge >= 0.3 is 0 Å². The summed E-state index contributed by atoms with van der Waals surface area (Å²) < 4.78 is 0. The van der Waals surface area contributed by atoms with Crippen LogP contribution in [0.15, 0.2) is 36.5 Å². The fraction of sp³-hybridized carbons (Fsp3) is 0.214. The fourth-order valence-electron chi connectivity index (χ4n) is 1.66. The van der Waals surface area contributed by atoms with E-state index < -0.39 is 0 Å². The van der Waals surface area contributed by atoms with Crippen LogP contribution in [0.4, 0.5) is 0 Å². The van der Waals surface area contributed by atoms with Crippen LogP contribution in [0.2, 0.25) is 5.02 Å². The van der Waals surface area contributed by atoms with Gasteiger partial charge in [-0.1, -0.05) is 24.6 Å². The second kappa shape index (κ2) is 5.19. The Morgan fingerprint density at radius 2 is 2.06 bits per heavy atom. The van der Waals surface area contributed by atoms with Crippen molar-refractivity contribution >= 4 is 11.6 Å². The number of pyridine rings is 1. The Labute approximate surface area is 106 Å². The monoisotopic (exact) mass is 247 g/mol. The summed E-state index contributed by atoms with van der Waals surface area (Å²) in [6.07, 6.45) is 3.45. The molecule has 2 aromatic rings. The molecule has 0 spiro atoms. The molecule has 1 aromatic carbocycles. The van der Waals surface area contributed by atoms with Crippen molar-refractivity contribution in [3.8, 4) is 5.75 Å². The predicted molar refractivity (Wildman–Crippen MR) is 69.5 cm³/mol. The number of aryl methyl sites for hydroxylation is 1. The van der Waals surface area contributed by atoms with Crippen LogP contribution in [0.3, 0.4) is 0 Å². The molecule has 0 atom stereocenters. The van der Waals surface area contributed by atoms with Gasteiger partial charge < -0.3 is 5.11 Å². The first-order chi connectivity index (χ1) is 8.19. The summed E-state index contributed by atoms with van der Waals surface area (Å²) in [5.41, 5.74) is 2.94. The minimum absolute atomic E-state index is 0.260. The van der Waals surface area contributed by atoms with E-state index in [1.54, 1.807) is 18.2 Å². The number of aromatic hydroxyl groups is 1. The summed E-state index contributed by atoms with van der Waals surface area (Å²) in [6, 6.07) is 9.10. The van der Waals surface area contributed by atoms with E-state index in [9.17, 15) is 5.11 Å². The first kappa shape index (κ1) is 11.9. The average Bonchev–Trinajstić information content (AvgIpc) is 2.35. The SMILES string of the molecule is CCc1ccc(Cc2cc(Cl)ccc2O)nc1. The van der Waals surface area contributed by atoms with Crippen LogP contribution in [0.1, 0.15) is 23.7 Å². The molecule has 2 nitrogen and oxygen atoms in total. The number of hydrogen-bond acceptors (Lipinski definition) is 2. The van der Waals surface area contributed by atoms with Crippen molar-refractivity contribution in [2.24, 2.45) is 0 Å². The summed E-state index contributed by atoms with van der Waals surface area (Å²) in [6.45, 7) is 2.10. The van der Waals surface area contributed by atoms with Crippen LogP contribution < -0.4 is 0 Å². The van der Waals surface area contributed by atoms with E-state index in [4.69, 9.17) is 11.6 Å². The Morgan fingerprint density at radius 1 is 1.24 bits per heavy atom. The molecule has 2 rings (SSSR count). The number of rotatable bonds is 3. The zero-order chi connectivity index (χ0) is 12.3. The zero-order valence-electron chi connectivity index (χ0n) is 9.65. The number of nitrogens with zero attached hydrogens (tertiary/aromatic N) is 1. The van der Waals surface area contributed by atoms with Crippen LogP contribution in [0, 0.1) is 0 Å².